The van der Waals surface area contributed by atoms with Crippen molar-refractivity contribution >= 4 is 28.6 Å². The lowest BCUT2D eigenvalue weighted by Crippen LogP contribution is -2.39. The molecule has 7 nitrogen and oxygen atoms in total. The maximum atomic E-state index is 12.8. The molecular weight excluding hydrogens is 348 g/mol. The van der Waals surface area contributed by atoms with E-state index in [1.807, 2.05) is 15.6 Å². The maximum Gasteiger partial charge on any atom is 0.233 e. The molecule has 0 unspecified atom stereocenters. The molecular formula is C18H20N6OS. The van der Waals surface area contributed by atoms with Crippen molar-refractivity contribution in [1.29, 1.82) is 0 Å². The van der Waals surface area contributed by atoms with Crippen LogP contribution in [0.3, 0.4) is 0 Å². The molecule has 134 valence electrons. The van der Waals surface area contributed by atoms with Gasteiger partial charge in [-0.05, 0) is 48.2 Å². The van der Waals surface area contributed by atoms with Gasteiger partial charge in [0.25, 0.3) is 0 Å². The molecule has 0 spiro atoms. The summed E-state index contributed by atoms with van der Waals surface area (Å²) in [4.78, 5) is 18.3. The number of nitrogens with one attached hydrogen (secondary N) is 1. The molecule has 0 bridgehead atoms. The number of hydrogen-bond donors (Lipinski definition) is 1. The zero-order valence-electron chi connectivity index (χ0n) is 14.6. The van der Waals surface area contributed by atoms with Gasteiger partial charge in [-0.2, -0.15) is 0 Å². The van der Waals surface area contributed by atoms with Gasteiger partial charge in [0.2, 0.25) is 11.1 Å². The number of hydrogen-bond acceptors (Lipinski definition) is 5. The van der Waals surface area contributed by atoms with Crippen molar-refractivity contribution in [2.24, 2.45) is 0 Å². The topological polar surface area (TPSA) is 79.7 Å². The van der Waals surface area contributed by atoms with Crippen LogP contribution in [0.2, 0.25) is 0 Å². The minimum absolute atomic E-state index is 0.0543. The number of thioether (sulfide) groups is 1. The van der Waals surface area contributed by atoms with Crippen LogP contribution in [0.5, 0.6) is 0 Å². The lowest BCUT2D eigenvalue weighted by molar-refractivity contribution is -0.130. The van der Waals surface area contributed by atoms with E-state index in [0.717, 1.165) is 36.5 Å². The first-order chi connectivity index (χ1) is 12.7. The fraction of sp³-hybridized carbons (Fsp3) is 0.444. The Morgan fingerprint density at radius 3 is 3.04 bits per heavy atom. The van der Waals surface area contributed by atoms with Gasteiger partial charge < -0.3 is 9.88 Å². The molecule has 1 atom stereocenters. The third-order valence-electron chi connectivity index (χ3n) is 5.34. The molecule has 3 aromatic rings. The summed E-state index contributed by atoms with van der Waals surface area (Å²) in [6, 6.07) is 8.84. The van der Waals surface area contributed by atoms with Gasteiger partial charge >= 0.3 is 0 Å². The normalized spacial score (nSPS) is 19.7. The SMILES string of the molecule is C[C@H]1c2[nH]c3ccccc3c2CCN1C(=O)CSc1nnnn1C1CC1. The van der Waals surface area contributed by atoms with E-state index in [1.54, 1.807) is 0 Å². The second-order valence-electron chi connectivity index (χ2n) is 7.00. The molecule has 1 saturated carbocycles. The molecule has 5 rings (SSSR count). The summed E-state index contributed by atoms with van der Waals surface area (Å²) in [7, 11) is 0. The van der Waals surface area contributed by atoms with Crippen LogP contribution in [0, 0.1) is 0 Å². The van der Waals surface area contributed by atoms with Crippen LogP contribution in [0.25, 0.3) is 10.9 Å². The van der Waals surface area contributed by atoms with Gasteiger partial charge in [0.1, 0.15) is 0 Å². The average Bonchev–Trinajstić information content (AvgIpc) is 3.26. The van der Waals surface area contributed by atoms with Crippen LogP contribution in [-0.4, -0.2) is 48.3 Å². The second kappa shape index (κ2) is 6.12. The summed E-state index contributed by atoms with van der Waals surface area (Å²) in [5, 5.41) is 13.9. The highest BCUT2D eigenvalue weighted by atomic mass is 32.2. The van der Waals surface area contributed by atoms with E-state index in [-0.39, 0.29) is 11.9 Å². The number of nitrogens with zero attached hydrogens (tertiary/aromatic N) is 5. The Morgan fingerprint density at radius 1 is 1.35 bits per heavy atom. The summed E-state index contributed by atoms with van der Waals surface area (Å²) in [5.74, 6) is 0.504. The van der Waals surface area contributed by atoms with Crippen molar-refractivity contribution in [2.45, 2.75) is 43.4 Å². The summed E-state index contributed by atoms with van der Waals surface area (Å²) in [5.41, 5.74) is 3.66. The summed E-state index contributed by atoms with van der Waals surface area (Å²) >= 11 is 1.44. The van der Waals surface area contributed by atoms with Gasteiger partial charge in [-0.1, -0.05) is 30.0 Å². The van der Waals surface area contributed by atoms with Gasteiger partial charge in [-0.15, -0.1) is 5.10 Å². The van der Waals surface area contributed by atoms with Gasteiger partial charge in [0, 0.05) is 23.1 Å². The number of H-pyrrole nitrogens is 1. The minimum Gasteiger partial charge on any atom is -0.356 e. The predicted octanol–water partition coefficient (Wildman–Crippen LogP) is 2.73. The average molecular weight is 368 g/mol. The molecule has 1 N–H and O–H groups in total. The van der Waals surface area contributed by atoms with Crippen LogP contribution < -0.4 is 0 Å². The number of aromatic amines is 1. The van der Waals surface area contributed by atoms with E-state index in [0.29, 0.717) is 11.8 Å². The zero-order chi connectivity index (χ0) is 17.7. The molecule has 1 aliphatic carbocycles. The Morgan fingerprint density at radius 2 is 2.19 bits per heavy atom. The van der Waals surface area contributed by atoms with Crippen molar-refractivity contribution in [3.05, 3.63) is 35.5 Å². The molecule has 2 aromatic heterocycles. The number of benzene rings is 1. The molecule has 1 amide bonds. The summed E-state index contributed by atoms with van der Waals surface area (Å²) < 4.78 is 1.85. The van der Waals surface area contributed by atoms with Crippen molar-refractivity contribution in [2.75, 3.05) is 12.3 Å². The van der Waals surface area contributed by atoms with Gasteiger partial charge in [0.05, 0.1) is 17.8 Å². The first kappa shape index (κ1) is 15.9. The second-order valence-corrected chi connectivity index (χ2v) is 7.94. The van der Waals surface area contributed by atoms with Gasteiger partial charge in [0.15, 0.2) is 0 Å². The highest BCUT2D eigenvalue weighted by Gasteiger charge is 2.31. The van der Waals surface area contributed by atoms with E-state index in [4.69, 9.17) is 0 Å². The predicted molar refractivity (Wildman–Crippen MR) is 98.9 cm³/mol. The molecule has 3 heterocycles. The van der Waals surface area contributed by atoms with E-state index in [1.165, 1.54) is 28.4 Å². The number of amides is 1. The Kier molecular flexibility index (Phi) is 3.74. The maximum absolute atomic E-state index is 12.8. The number of fused-ring (bicyclic) bond motifs is 3. The van der Waals surface area contributed by atoms with Crippen LogP contribution in [-0.2, 0) is 11.2 Å². The van der Waals surface area contributed by atoms with E-state index in [2.05, 4.69) is 45.6 Å². The standard InChI is InChI=1S/C18H20N6OS/c1-11-17-14(13-4-2-3-5-15(13)19-17)8-9-23(11)16(25)10-26-18-20-21-22-24(18)12-6-7-12/h2-5,11-12,19H,6-10H2,1H3/t11-/m0/s1. The van der Waals surface area contributed by atoms with Crippen LogP contribution in [0.15, 0.2) is 29.4 Å². The number of carbonyl (C=O) groups is 1. The fourth-order valence-electron chi connectivity index (χ4n) is 3.81. The lowest BCUT2D eigenvalue weighted by atomic mass is 9.98. The van der Waals surface area contributed by atoms with Crippen LogP contribution in [0.1, 0.15) is 43.1 Å². The highest BCUT2D eigenvalue weighted by Crippen LogP contribution is 2.37. The Labute approximate surface area is 155 Å². The van der Waals surface area contributed by atoms with E-state index >= 15 is 0 Å². The first-order valence-corrected chi connectivity index (χ1v) is 10.0. The Bertz CT molecular complexity index is 975. The van der Waals surface area contributed by atoms with E-state index < -0.39 is 0 Å². The van der Waals surface area contributed by atoms with Crippen LogP contribution >= 0.6 is 11.8 Å². The summed E-state index contributed by atoms with van der Waals surface area (Å²) in [6.07, 6.45) is 3.14. The Hall–Kier alpha value is -2.35. The smallest absolute Gasteiger partial charge is 0.233 e. The molecule has 0 radical (unpaired) electrons. The van der Waals surface area contributed by atoms with Crippen LogP contribution in [0.4, 0.5) is 0 Å². The number of tetrazole rings is 1. The first-order valence-electron chi connectivity index (χ1n) is 9.02. The zero-order valence-corrected chi connectivity index (χ0v) is 15.4. The minimum atomic E-state index is 0.0543. The highest BCUT2D eigenvalue weighted by molar-refractivity contribution is 7.99. The molecule has 26 heavy (non-hydrogen) atoms. The third-order valence-corrected chi connectivity index (χ3v) is 6.25. The van der Waals surface area contributed by atoms with Gasteiger partial charge in [-0.25, -0.2) is 4.68 Å². The molecule has 1 fully saturated rings. The monoisotopic (exact) mass is 368 g/mol. The molecule has 0 saturated heterocycles. The quantitative estimate of drug-likeness (QED) is 0.716. The Balaban J connectivity index is 1.32. The van der Waals surface area contributed by atoms with E-state index in [9.17, 15) is 4.79 Å². The fourth-order valence-corrected chi connectivity index (χ4v) is 4.64. The number of aromatic nitrogens is 5. The number of para-hydroxylation sites is 1. The molecule has 8 heteroatoms. The van der Waals surface area contributed by atoms with Crippen molar-refractivity contribution in [1.82, 2.24) is 30.1 Å². The van der Waals surface area contributed by atoms with Gasteiger partial charge in [-0.3, -0.25) is 4.79 Å². The summed E-state index contributed by atoms with van der Waals surface area (Å²) in [6.45, 7) is 2.85. The molecule has 2 aliphatic rings. The third kappa shape index (κ3) is 2.59. The molecule has 1 aromatic carbocycles. The molecule has 1 aliphatic heterocycles. The number of carbonyl (C=O) groups excluding carboxylic acids is 1. The number of rotatable bonds is 4. The van der Waals surface area contributed by atoms with Crippen molar-refractivity contribution < 1.29 is 4.79 Å². The largest absolute Gasteiger partial charge is 0.356 e. The lowest BCUT2D eigenvalue weighted by Gasteiger charge is -2.33. The van der Waals surface area contributed by atoms with Crippen molar-refractivity contribution in [3.8, 4) is 0 Å². The van der Waals surface area contributed by atoms with Crippen molar-refractivity contribution in [3.63, 3.8) is 0 Å².